The van der Waals surface area contributed by atoms with Crippen LogP contribution in [0.25, 0.3) is 0 Å². The van der Waals surface area contributed by atoms with Crippen molar-refractivity contribution in [3.8, 4) is 0 Å². The molecule has 2 aromatic rings. The predicted molar refractivity (Wildman–Crippen MR) is 190 cm³/mol. The van der Waals surface area contributed by atoms with Crippen LogP contribution in [0.4, 0.5) is 5.69 Å². The smallest absolute Gasteiger partial charge is 0.156 e. The summed E-state index contributed by atoms with van der Waals surface area (Å²) in [4.78, 5) is 14.5. The molecule has 1 heterocycles. The average Bonchev–Trinajstić information content (AvgIpc) is 3.36. The summed E-state index contributed by atoms with van der Waals surface area (Å²) < 4.78 is 0. The van der Waals surface area contributed by atoms with Gasteiger partial charge in [0, 0.05) is 31.1 Å². The number of fused-ring (bicyclic) bond motifs is 4. The van der Waals surface area contributed by atoms with Gasteiger partial charge in [-0.25, -0.2) is 0 Å². The van der Waals surface area contributed by atoms with E-state index in [1.54, 1.807) is 5.57 Å². The number of aryl methyl sites for hydroxylation is 2. The van der Waals surface area contributed by atoms with Gasteiger partial charge in [0.15, 0.2) is 5.78 Å². The number of hydrogen-bond acceptors (Lipinski definition) is 4. The first-order chi connectivity index (χ1) is 21.7. The third-order valence-corrected chi connectivity index (χ3v) is 10.9. The minimum atomic E-state index is -0.174. The molecule has 0 radical (unpaired) electrons. The number of aliphatic hydroxyl groups excluding tert-OH is 1. The molecule has 4 nitrogen and oxygen atoms in total. The summed E-state index contributed by atoms with van der Waals surface area (Å²) in [5, 5.41) is 10.9. The second-order valence-corrected chi connectivity index (χ2v) is 13.7. The summed E-state index contributed by atoms with van der Waals surface area (Å²) >= 11 is 0. The second-order valence-electron chi connectivity index (χ2n) is 13.7. The van der Waals surface area contributed by atoms with Crippen LogP contribution in [-0.4, -0.2) is 30.1 Å². The molecule has 3 N–H and O–H groups in total. The first-order valence-electron chi connectivity index (χ1n) is 17.6. The minimum absolute atomic E-state index is 0.0238. The van der Waals surface area contributed by atoms with E-state index in [9.17, 15) is 9.90 Å². The van der Waals surface area contributed by atoms with Crippen LogP contribution in [0.15, 0.2) is 84.1 Å². The Bertz CT molecular complexity index is 1330. The Labute approximate surface area is 273 Å². The van der Waals surface area contributed by atoms with Gasteiger partial charge < -0.3 is 15.7 Å². The molecular weight excluding hydrogens is 552 g/mol. The fourth-order valence-electron chi connectivity index (χ4n) is 8.64. The number of piperidine rings is 1. The topological polar surface area (TPSA) is 66.6 Å². The molecule has 0 aromatic heterocycles. The van der Waals surface area contributed by atoms with Crippen LogP contribution >= 0.6 is 0 Å². The Morgan fingerprint density at radius 3 is 2.11 bits per heavy atom. The Morgan fingerprint density at radius 2 is 1.49 bits per heavy atom. The Morgan fingerprint density at radius 1 is 0.889 bits per heavy atom. The van der Waals surface area contributed by atoms with Crippen LogP contribution in [0.5, 0.6) is 0 Å². The number of nitrogens with two attached hydrogens (primary N) is 1. The number of ketones is 1. The van der Waals surface area contributed by atoms with Crippen LogP contribution in [0.3, 0.4) is 0 Å². The van der Waals surface area contributed by atoms with Gasteiger partial charge >= 0.3 is 0 Å². The van der Waals surface area contributed by atoms with Crippen molar-refractivity contribution in [2.24, 2.45) is 23.0 Å². The molecule has 2 saturated carbocycles. The standard InChI is InChI=1S/C25H30O2.C12H17N.C2H5N.C2H6/c1-15-3-5-16(6-4-15)21-14-25(2)22(11-12-23(25)27)20-9-7-17-13-18(26)8-10-19(17)24(20)21;1-11-5-7-12(8-6-11)13-9-3-2-4-10-13;1-2-3;1-2/h3-6,13,20-23,27H,7-12,14H2,1-2H3;5-8H,2-4,9-10H2,1H3;2H,1,3H2;1-2H3. The monoisotopic (exact) mass is 610 g/mol. The highest BCUT2D eigenvalue weighted by molar-refractivity contribution is 5.93. The molecule has 5 atom stereocenters. The quantitative estimate of drug-likeness (QED) is 0.356. The molecule has 3 fully saturated rings. The Kier molecular flexibility index (Phi) is 12.3. The largest absolute Gasteiger partial charge is 0.405 e. The first-order valence-corrected chi connectivity index (χ1v) is 17.6. The van der Waals surface area contributed by atoms with Crippen LogP contribution in [-0.2, 0) is 4.79 Å². The molecule has 4 heteroatoms. The summed E-state index contributed by atoms with van der Waals surface area (Å²) in [7, 11) is 0. The number of rotatable bonds is 2. The molecule has 1 aliphatic heterocycles. The van der Waals surface area contributed by atoms with Gasteiger partial charge in [-0.05, 0) is 130 Å². The van der Waals surface area contributed by atoms with E-state index < -0.39 is 0 Å². The van der Waals surface area contributed by atoms with Gasteiger partial charge in [0.1, 0.15) is 0 Å². The van der Waals surface area contributed by atoms with Gasteiger partial charge in [-0.3, -0.25) is 4.79 Å². The Balaban J connectivity index is 0.000000214. The van der Waals surface area contributed by atoms with Gasteiger partial charge in [0.25, 0.3) is 0 Å². The van der Waals surface area contributed by atoms with E-state index in [1.807, 2.05) is 19.9 Å². The third-order valence-electron chi connectivity index (χ3n) is 10.9. The zero-order chi connectivity index (χ0) is 32.6. The summed E-state index contributed by atoms with van der Waals surface area (Å²) in [6.07, 6.45) is 14.0. The summed E-state index contributed by atoms with van der Waals surface area (Å²) in [5.74, 6) is 1.86. The molecule has 4 aliphatic carbocycles. The van der Waals surface area contributed by atoms with Crippen LogP contribution < -0.4 is 10.6 Å². The molecular formula is C41H58N2O2. The van der Waals surface area contributed by atoms with Crippen molar-refractivity contribution in [1.29, 1.82) is 0 Å². The average molecular weight is 611 g/mol. The molecule has 2 aromatic carbocycles. The van der Waals surface area contributed by atoms with Crippen molar-refractivity contribution in [3.05, 3.63) is 101 Å². The summed E-state index contributed by atoms with van der Waals surface area (Å²) in [5.41, 5.74) is 14.5. The van der Waals surface area contributed by atoms with Gasteiger partial charge in [-0.1, -0.05) is 80.4 Å². The molecule has 5 unspecified atom stereocenters. The molecule has 45 heavy (non-hydrogen) atoms. The Hall–Kier alpha value is -3.11. The number of allylic oxidation sites excluding steroid dienone is 4. The maximum atomic E-state index is 12.0. The third kappa shape index (κ3) is 7.83. The molecule has 0 bridgehead atoms. The van der Waals surface area contributed by atoms with Gasteiger partial charge in [0.2, 0.25) is 0 Å². The van der Waals surface area contributed by atoms with E-state index in [0.29, 0.717) is 30.0 Å². The normalized spacial score (nSPS) is 28.4. The highest BCUT2D eigenvalue weighted by atomic mass is 16.3. The lowest BCUT2D eigenvalue weighted by molar-refractivity contribution is -0.114. The zero-order valence-electron chi connectivity index (χ0n) is 28.7. The number of carbonyl (C=O) groups excluding carboxylic acids is 1. The number of carbonyl (C=O) groups is 1. The van der Waals surface area contributed by atoms with Crippen molar-refractivity contribution >= 4 is 11.5 Å². The lowest BCUT2D eigenvalue weighted by Gasteiger charge is -2.52. The highest BCUT2D eigenvalue weighted by Crippen LogP contribution is 2.63. The predicted octanol–water partition coefficient (Wildman–Crippen LogP) is 9.36. The SMILES string of the molecule is C=CN.CC.Cc1ccc(C2CC3(C)C(O)CCC3C3CCC4=CC(=O)CCC4=C23)cc1.Cc1ccc(N2CCCCC2)cc1. The van der Waals surface area contributed by atoms with Gasteiger partial charge in [-0.15, -0.1) is 0 Å². The van der Waals surface area contributed by atoms with E-state index >= 15 is 0 Å². The first kappa shape index (κ1) is 34.8. The number of anilines is 1. The lowest BCUT2D eigenvalue weighted by atomic mass is 9.53. The molecule has 1 saturated heterocycles. The maximum absolute atomic E-state index is 12.0. The van der Waals surface area contributed by atoms with Crippen molar-refractivity contribution in [3.63, 3.8) is 0 Å². The molecule has 5 aliphatic rings. The van der Waals surface area contributed by atoms with Crippen LogP contribution in [0.2, 0.25) is 0 Å². The lowest BCUT2D eigenvalue weighted by Crippen LogP contribution is -2.45. The van der Waals surface area contributed by atoms with Gasteiger partial charge in [-0.2, -0.15) is 0 Å². The molecule has 0 amide bonds. The molecule has 7 rings (SSSR count). The van der Waals surface area contributed by atoms with Crippen molar-refractivity contribution in [2.45, 2.75) is 111 Å². The maximum Gasteiger partial charge on any atom is 0.156 e. The van der Waals surface area contributed by atoms with E-state index in [0.717, 1.165) is 38.5 Å². The van der Waals surface area contributed by atoms with Crippen LogP contribution in [0, 0.1) is 31.1 Å². The number of hydrogen-bond donors (Lipinski definition) is 2. The van der Waals surface area contributed by atoms with E-state index in [1.165, 1.54) is 72.1 Å². The number of nitrogens with zero attached hydrogens (tertiary/aromatic N) is 1. The fourth-order valence-corrected chi connectivity index (χ4v) is 8.64. The highest BCUT2D eigenvalue weighted by Gasteiger charge is 2.56. The molecule has 244 valence electrons. The second kappa shape index (κ2) is 15.9. The zero-order valence-corrected chi connectivity index (χ0v) is 28.7. The number of benzene rings is 2. The van der Waals surface area contributed by atoms with E-state index in [-0.39, 0.29) is 11.5 Å². The van der Waals surface area contributed by atoms with Crippen LogP contribution in [0.1, 0.15) is 108 Å². The number of aliphatic hydroxyl groups is 1. The van der Waals surface area contributed by atoms with E-state index in [4.69, 9.17) is 0 Å². The van der Waals surface area contributed by atoms with Crippen molar-refractivity contribution < 1.29 is 9.90 Å². The molecule has 0 spiro atoms. The van der Waals surface area contributed by atoms with E-state index in [2.05, 4.69) is 86.5 Å². The fraction of sp³-hybridized carbons (Fsp3) is 0.537. The summed E-state index contributed by atoms with van der Waals surface area (Å²) in [6, 6.07) is 17.9. The summed E-state index contributed by atoms with van der Waals surface area (Å²) in [6.45, 7) is 16.2. The minimum Gasteiger partial charge on any atom is -0.405 e. The van der Waals surface area contributed by atoms with Gasteiger partial charge in [0.05, 0.1) is 6.10 Å². The van der Waals surface area contributed by atoms with Crippen molar-refractivity contribution in [1.82, 2.24) is 0 Å². The van der Waals surface area contributed by atoms with Crippen molar-refractivity contribution in [2.75, 3.05) is 18.0 Å².